The lowest BCUT2D eigenvalue weighted by Gasteiger charge is -2.12. The molecule has 1 unspecified atom stereocenters. The smallest absolute Gasteiger partial charge is 0.0452 e. The van der Waals surface area contributed by atoms with E-state index in [0.717, 1.165) is 24.0 Å². The number of benzene rings is 1. The second kappa shape index (κ2) is 6.08. The Hall–Kier alpha value is -0.240. The van der Waals surface area contributed by atoms with Gasteiger partial charge in [0.15, 0.2) is 0 Å². The van der Waals surface area contributed by atoms with Crippen LogP contribution in [0.5, 0.6) is 0 Å². The summed E-state index contributed by atoms with van der Waals surface area (Å²) >= 11 is 12.0. The highest BCUT2D eigenvalue weighted by Gasteiger charge is 2.20. The van der Waals surface area contributed by atoms with Crippen molar-refractivity contribution >= 4 is 23.2 Å². The molecule has 1 aromatic rings. The molecular formula is C14H19Cl2N. The maximum atomic E-state index is 6.15. The Labute approximate surface area is 114 Å². The van der Waals surface area contributed by atoms with E-state index in [1.165, 1.54) is 24.8 Å². The number of hydrogen-bond donors (Lipinski definition) is 1. The maximum Gasteiger partial charge on any atom is 0.0452 e. The van der Waals surface area contributed by atoms with Crippen LogP contribution in [0.15, 0.2) is 18.2 Å². The van der Waals surface area contributed by atoms with Crippen LogP contribution < -0.4 is 5.32 Å². The molecule has 1 atom stereocenters. The van der Waals surface area contributed by atoms with Gasteiger partial charge in [0.05, 0.1) is 0 Å². The summed E-state index contributed by atoms with van der Waals surface area (Å²) in [5.41, 5.74) is 1.20. The number of aryl methyl sites for hydroxylation is 1. The Morgan fingerprint density at radius 3 is 2.76 bits per heavy atom. The molecule has 94 valence electrons. The zero-order valence-electron chi connectivity index (χ0n) is 10.2. The minimum absolute atomic E-state index is 0.697. The zero-order valence-corrected chi connectivity index (χ0v) is 11.7. The first-order valence-corrected chi connectivity index (χ1v) is 7.08. The molecule has 1 aliphatic carbocycles. The lowest BCUT2D eigenvalue weighted by atomic mass is 10.0. The first-order valence-electron chi connectivity index (χ1n) is 6.32. The second-order valence-electron chi connectivity index (χ2n) is 5.06. The van der Waals surface area contributed by atoms with Gasteiger partial charge >= 0.3 is 0 Å². The van der Waals surface area contributed by atoms with Gasteiger partial charge in [-0.3, -0.25) is 0 Å². The van der Waals surface area contributed by atoms with Gasteiger partial charge in [-0.2, -0.15) is 0 Å². The van der Waals surface area contributed by atoms with E-state index in [4.69, 9.17) is 23.2 Å². The predicted molar refractivity (Wildman–Crippen MR) is 75.0 cm³/mol. The molecule has 0 aromatic heterocycles. The van der Waals surface area contributed by atoms with E-state index in [1.807, 2.05) is 18.2 Å². The molecule has 0 spiro atoms. The molecule has 1 nitrogen and oxygen atoms in total. The van der Waals surface area contributed by atoms with E-state index in [1.54, 1.807) is 0 Å². The molecule has 17 heavy (non-hydrogen) atoms. The maximum absolute atomic E-state index is 6.15. The van der Waals surface area contributed by atoms with E-state index >= 15 is 0 Å². The summed E-state index contributed by atoms with van der Waals surface area (Å²) in [5.74, 6) is 0.697. The molecule has 0 amide bonds. The van der Waals surface area contributed by atoms with Gasteiger partial charge in [0.2, 0.25) is 0 Å². The van der Waals surface area contributed by atoms with Crippen molar-refractivity contribution in [3.63, 3.8) is 0 Å². The Balaban J connectivity index is 1.75. The van der Waals surface area contributed by atoms with E-state index in [0.29, 0.717) is 10.9 Å². The van der Waals surface area contributed by atoms with Crippen LogP contribution in [-0.4, -0.2) is 12.6 Å². The Kier molecular flexibility index (Phi) is 4.72. The third kappa shape index (κ3) is 4.50. The fraction of sp³-hybridized carbons (Fsp3) is 0.571. The van der Waals surface area contributed by atoms with E-state index < -0.39 is 0 Å². The highest BCUT2D eigenvalue weighted by Crippen LogP contribution is 2.23. The molecule has 0 radical (unpaired) electrons. The number of rotatable bonds is 6. The lowest BCUT2D eigenvalue weighted by Crippen LogP contribution is -2.23. The van der Waals surface area contributed by atoms with Crippen molar-refractivity contribution in [3.8, 4) is 0 Å². The first kappa shape index (κ1) is 13.2. The Morgan fingerprint density at radius 1 is 1.35 bits per heavy atom. The van der Waals surface area contributed by atoms with Crippen LogP contribution in [0.25, 0.3) is 0 Å². The second-order valence-corrected chi connectivity index (χ2v) is 5.91. The van der Waals surface area contributed by atoms with Gasteiger partial charge in [-0.15, -0.1) is 0 Å². The van der Waals surface area contributed by atoms with Crippen LogP contribution in [0, 0.1) is 5.92 Å². The fourth-order valence-corrected chi connectivity index (χ4v) is 2.39. The summed E-state index contributed by atoms with van der Waals surface area (Å²) in [6, 6.07) is 6.57. The minimum Gasteiger partial charge on any atom is -0.314 e. The van der Waals surface area contributed by atoms with Crippen LogP contribution in [0.4, 0.5) is 0 Å². The molecule has 1 fully saturated rings. The van der Waals surface area contributed by atoms with Crippen LogP contribution in [0.2, 0.25) is 10.0 Å². The summed E-state index contributed by atoms with van der Waals surface area (Å²) in [4.78, 5) is 0. The van der Waals surface area contributed by atoms with Gasteiger partial charge in [0, 0.05) is 16.1 Å². The average molecular weight is 272 g/mol. The Morgan fingerprint density at radius 2 is 2.12 bits per heavy atom. The number of hydrogen-bond acceptors (Lipinski definition) is 1. The quantitative estimate of drug-likeness (QED) is 0.813. The largest absolute Gasteiger partial charge is 0.314 e. The summed E-state index contributed by atoms with van der Waals surface area (Å²) in [6.45, 7) is 3.41. The SMILES string of the molecule is CC(CCc1ccc(Cl)cc1Cl)CNC1CC1. The average Bonchev–Trinajstić information content (AvgIpc) is 3.09. The Bertz CT molecular complexity index is 374. The minimum atomic E-state index is 0.697. The highest BCUT2D eigenvalue weighted by molar-refractivity contribution is 6.35. The molecule has 0 aliphatic heterocycles. The molecule has 0 heterocycles. The van der Waals surface area contributed by atoms with Crippen LogP contribution >= 0.6 is 23.2 Å². The fourth-order valence-electron chi connectivity index (χ4n) is 1.88. The molecule has 1 aliphatic rings. The van der Waals surface area contributed by atoms with Crippen LogP contribution in [0.3, 0.4) is 0 Å². The molecule has 2 rings (SSSR count). The lowest BCUT2D eigenvalue weighted by molar-refractivity contribution is 0.480. The predicted octanol–water partition coefficient (Wildman–Crippen LogP) is 4.31. The third-order valence-corrected chi connectivity index (χ3v) is 3.84. The van der Waals surface area contributed by atoms with Gasteiger partial charge < -0.3 is 5.32 Å². The van der Waals surface area contributed by atoms with E-state index in [-0.39, 0.29) is 0 Å². The van der Waals surface area contributed by atoms with Gasteiger partial charge in [-0.25, -0.2) is 0 Å². The van der Waals surface area contributed by atoms with Crippen molar-refractivity contribution in [2.24, 2.45) is 5.92 Å². The van der Waals surface area contributed by atoms with Crippen molar-refractivity contribution in [3.05, 3.63) is 33.8 Å². The van der Waals surface area contributed by atoms with Gasteiger partial charge in [-0.05, 0) is 55.8 Å². The first-order chi connectivity index (χ1) is 8.15. The molecule has 1 saturated carbocycles. The van der Waals surface area contributed by atoms with Gasteiger partial charge in [-0.1, -0.05) is 36.2 Å². The van der Waals surface area contributed by atoms with Crippen LogP contribution in [0.1, 0.15) is 31.7 Å². The number of halogens is 2. The van der Waals surface area contributed by atoms with Crippen molar-refractivity contribution in [1.82, 2.24) is 5.32 Å². The van der Waals surface area contributed by atoms with Gasteiger partial charge in [0.1, 0.15) is 0 Å². The van der Waals surface area contributed by atoms with Crippen molar-refractivity contribution < 1.29 is 0 Å². The summed E-state index contributed by atoms with van der Waals surface area (Å²) in [5, 5.41) is 5.06. The standard InChI is InChI=1S/C14H19Cl2N/c1-10(9-17-13-6-7-13)2-3-11-4-5-12(15)8-14(11)16/h4-5,8,10,13,17H,2-3,6-7,9H2,1H3. The van der Waals surface area contributed by atoms with Crippen molar-refractivity contribution in [2.75, 3.05) is 6.54 Å². The van der Waals surface area contributed by atoms with Crippen LogP contribution in [-0.2, 0) is 6.42 Å². The normalized spacial score (nSPS) is 17.1. The van der Waals surface area contributed by atoms with E-state index in [9.17, 15) is 0 Å². The molecule has 3 heteroatoms. The molecule has 0 saturated heterocycles. The van der Waals surface area contributed by atoms with Gasteiger partial charge in [0.25, 0.3) is 0 Å². The molecule has 0 bridgehead atoms. The zero-order chi connectivity index (χ0) is 12.3. The monoisotopic (exact) mass is 271 g/mol. The third-order valence-electron chi connectivity index (χ3n) is 3.25. The highest BCUT2D eigenvalue weighted by atomic mass is 35.5. The summed E-state index contributed by atoms with van der Waals surface area (Å²) in [7, 11) is 0. The number of nitrogens with one attached hydrogen (secondary N) is 1. The summed E-state index contributed by atoms with van der Waals surface area (Å²) in [6.07, 6.45) is 4.91. The molecular weight excluding hydrogens is 253 g/mol. The van der Waals surface area contributed by atoms with Crippen molar-refractivity contribution in [2.45, 2.75) is 38.6 Å². The summed E-state index contributed by atoms with van der Waals surface area (Å²) < 4.78 is 0. The van der Waals surface area contributed by atoms with E-state index in [2.05, 4.69) is 12.2 Å². The molecule has 1 N–H and O–H groups in total. The topological polar surface area (TPSA) is 12.0 Å². The van der Waals surface area contributed by atoms with Crippen molar-refractivity contribution in [1.29, 1.82) is 0 Å². The molecule has 1 aromatic carbocycles.